The van der Waals surface area contributed by atoms with E-state index in [1.807, 2.05) is 62.4 Å². The maximum Gasteiger partial charge on any atom is 0.361 e. The molecule has 3 nitrogen and oxygen atoms in total. The van der Waals surface area contributed by atoms with E-state index in [2.05, 4.69) is 0 Å². The van der Waals surface area contributed by atoms with Crippen LogP contribution in [0.5, 0.6) is 0 Å². The van der Waals surface area contributed by atoms with Gasteiger partial charge in [0.25, 0.3) is 0 Å². The minimum absolute atomic E-state index is 0.170. The van der Waals surface area contributed by atoms with Crippen molar-refractivity contribution in [1.82, 2.24) is 0 Å². The molecule has 0 aliphatic carbocycles. The Balaban J connectivity index is 2.18. The van der Waals surface area contributed by atoms with Gasteiger partial charge in [-0.15, -0.1) is 0 Å². The molecule has 2 rings (SSSR count). The van der Waals surface area contributed by atoms with Gasteiger partial charge in [0, 0.05) is 0 Å². The van der Waals surface area contributed by atoms with Crippen LogP contribution in [0.3, 0.4) is 0 Å². The predicted octanol–water partition coefficient (Wildman–Crippen LogP) is 4.15. The summed E-state index contributed by atoms with van der Waals surface area (Å²) in [5.41, 5.74) is 0.969. The van der Waals surface area contributed by atoms with E-state index < -0.39 is 7.60 Å². The van der Waals surface area contributed by atoms with Gasteiger partial charge in [0.05, 0.1) is 18.0 Å². The van der Waals surface area contributed by atoms with Gasteiger partial charge in [0.2, 0.25) is 0 Å². The van der Waals surface area contributed by atoms with Crippen molar-refractivity contribution < 1.29 is 13.6 Å². The van der Waals surface area contributed by atoms with Gasteiger partial charge in [-0.3, -0.25) is 4.57 Å². The van der Waals surface area contributed by atoms with Gasteiger partial charge in [0.15, 0.2) is 0 Å². The van der Waals surface area contributed by atoms with E-state index >= 15 is 0 Å². The Bertz CT molecular complexity index is 567. The first kappa shape index (κ1) is 15.0. The molecule has 0 fully saturated rings. The van der Waals surface area contributed by atoms with Crippen LogP contribution in [0.25, 0.3) is 0 Å². The number of rotatable bonds is 6. The van der Waals surface area contributed by atoms with Crippen molar-refractivity contribution in [3.8, 4) is 0 Å². The summed E-state index contributed by atoms with van der Waals surface area (Å²) in [6, 6.07) is 18.7. The monoisotopic (exact) mass is 290 g/mol. The summed E-state index contributed by atoms with van der Waals surface area (Å²) in [6.45, 7) is 3.96. The lowest BCUT2D eigenvalue weighted by Gasteiger charge is -2.21. The fourth-order valence-electron chi connectivity index (χ4n) is 1.79. The fraction of sp³-hybridized carbons (Fsp3) is 0.250. The SMILES string of the molecule is CC(C)OP(=O)(OCc1ccccc1)c1ccccc1. The summed E-state index contributed by atoms with van der Waals surface area (Å²) in [5.74, 6) is 0. The van der Waals surface area contributed by atoms with Crippen molar-refractivity contribution in [2.75, 3.05) is 0 Å². The Labute approximate surface area is 120 Å². The molecule has 1 atom stereocenters. The summed E-state index contributed by atoms with van der Waals surface area (Å²) < 4.78 is 24.2. The number of hydrogen-bond acceptors (Lipinski definition) is 3. The summed E-state index contributed by atoms with van der Waals surface area (Å²) in [6.07, 6.45) is -0.170. The minimum atomic E-state index is -3.29. The largest absolute Gasteiger partial charge is 0.361 e. The summed E-state index contributed by atoms with van der Waals surface area (Å²) >= 11 is 0. The second-order valence-electron chi connectivity index (χ2n) is 4.75. The smallest absolute Gasteiger partial charge is 0.302 e. The molecule has 0 aliphatic rings. The zero-order valence-electron chi connectivity index (χ0n) is 11.7. The van der Waals surface area contributed by atoms with E-state index in [0.29, 0.717) is 5.30 Å². The van der Waals surface area contributed by atoms with Gasteiger partial charge in [-0.25, -0.2) is 0 Å². The molecular formula is C16H19O3P. The van der Waals surface area contributed by atoms with Crippen molar-refractivity contribution in [3.63, 3.8) is 0 Å². The first-order valence-corrected chi connectivity index (χ1v) is 8.17. The summed E-state index contributed by atoms with van der Waals surface area (Å²) in [4.78, 5) is 0. The van der Waals surface area contributed by atoms with Crippen LogP contribution in [0.1, 0.15) is 19.4 Å². The van der Waals surface area contributed by atoms with Gasteiger partial charge in [0.1, 0.15) is 0 Å². The summed E-state index contributed by atoms with van der Waals surface area (Å²) in [7, 11) is -3.29. The fourth-order valence-corrected chi connectivity index (χ4v) is 3.53. The minimum Gasteiger partial charge on any atom is -0.302 e. The van der Waals surface area contributed by atoms with Crippen LogP contribution in [-0.4, -0.2) is 6.10 Å². The molecule has 0 amide bonds. The van der Waals surface area contributed by atoms with E-state index in [1.165, 1.54) is 0 Å². The molecule has 1 unspecified atom stereocenters. The van der Waals surface area contributed by atoms with Gasteiger partial charge in [-0.05, 0) is 31.5 Å². The zero-order chi connectivity index (χ0) is 14.4. The highest BCUT2D eigenvalue weighted by atomic mass is 31.2. The molecule has 2 aromatic carbocycles. The maximum absolute atomic E-state index is 13.0. The van der Waals surface area contributed by atoms with Crippen LogP contribution in [-0.2, 0) is 20.2 Å². The molecule has 0 saturated heterocycles. The van der Waals surface area contributed by atoms with Crippen molar-refractivity contribution in [2.45, 2.75) is 26.6 Å². The molecular weight excluding hydrogens is 271 g/mol. The second-order valence-corrected chi connectivity index (χ2v) is 6.73. The molecule has 4 heteroatoms. The van der Waals surface area contributed by atoms with E-state index in [4.69, 9.17) is 9.05 Å². The lowest BCUT2D eigenvalue weighted by molar-refractivity contribution is 0.171. The molecule has 0 saturated carbocycles. The van der Waals surface area contributed by atoms with Crippen LogP contribution in [0.15, 0.2) is 60.7 Å². The molecule has 0 spiro atoms. The number of benzene rings is 2. The molecule has 106 valence electrons. The van der Waals surface area contributed by atoms with Crippen molar-refractivity contribution >= 4 is 12.9 Å². The average Bonchev–Trinajstić information content (AvgIpc) is 2.47. The molecule has 0 N–H and O–H groups in total. The van der Waals surface area contributed by atoms with Gasteiger partial charge in [-0.1, -0.05) is 48.5 Å². The topological polar surface area (TPSA) is 35.5 Å². The van der Waals surface area contributed by atoms with Crippen LogP contribution < -0.4 is 5.30 Å². The highest BCUT2D eigenvalue weighted by molar-refractivity contribution is 7.62. The normalized spacial score (nSPS) is 14.2. The highest BCUT2D eigenvalue weighted by Crippen LogP contribution is 2.48. The molecule has 0 bridgehead atoms. The van der Waals surface area contributed by atoms with E-state index in [9.17, 15) is 4.57 Å². The Morgan fingerprint density at radius 3 is 2.05 bits per heavy atom. The molecule has 2 aromatic rings. The Hall–Kier alpha value is -1.41. The third-order valence-electron chi connectivity index (χ3n) is 2.67. The Morgan fingerprint density at radius 1 is 0.950 bits per heavy atom. The molecule has 0 radical (unpaired) electrons. The third-order valence-corrected chi connectivity index (χ3v) is 4.76. The van der Waals surface area contributed by atoms with Gasteiger partial charge < -0.3 is 9.05 Å². The summed E-state index contributed by atoms with van der Waals surface area (Å²) in [5, 5.41) is 0.588. The average molecular weight is 290 g/mol. The third kappa shape index (κ3) is 4.04. The predicted molar refractivity (Wildman–Crippen MR) is 81.1 cm³/mol. The lowest BCUT2D eigenvalue weighted by atomic mass is 10.2. The van der Waals surface area contributed by atoms with E-state index in [1.54, 1.807) is 12.1 Å². The van der Waals surface area contributed by atoms with Gasteiger partial charge >= 0.3 is 7.60 Å². The lowest BCUT2D eigenvalue weighted by Crippen LogP contribution is -2.13. The van der Waals surface area contributed by atoms with Crippen molar-refractivity contribution in [2.24, 2.45) is 0 Å². The van der Waals surface area contributed by atoms with E-state index in [0.717, 1.165) is 5.56 Å². The first-order chi connectivity index (χ1) is 9.60. The van der Waals surface area contributed by atoms with Crippen molar-refractivity contribution in [1.29, 1.82) is 0 Å². The maximum atomic E-state index is 13.0. The first-order valence-electron chi connectivity index (χ1n) is 6.63. The molecule has 0 heterocycles. The van der Waals surface area contributed by atoms with Crippen LogP contribution >= 0.6 is 7.60 Å². The number of hydrogen-bond donors (Lipinski definition) is 0. The Morgan fingerprint density at radius 2 is 1.50 bits per heavy atom. The molecule has 0 aliphatic heterocycles. The standard InChI is InChI=1S/C16H19O3P/c1-14(2)19-20(17,16-11-7-4-8-12-16)18-13-15-9-5-3-6-10-15/h3-12,14H,13H2,1-2H3. The zero-order valence-corrected chi connectivity index (χ0v) is 12.6. The van der Waals surface area contributed by atoms with Crippen molar-refractivity contribution in [3.05, 3.63) is 66.2 Å². The highest BCUT2D eigenvalue weighted by Gasteiger charge is 2.28. The van der Waals surface area contributed by atoms with Gasteiger partial charge in [-0.2, -0.15) is 0 Å². The second kappa shape index (κ2) is 6.85. The molecule has 20 heavy (non-hydrogen) atoms. The molecule has 0 aromatic heterocycles. The van der Waals surface area contributed by atoms with Crippen LogP contribution in [0, 0.1) is 0 Å². The quantitative estimate of drug-likeness (QED) is 0.750. The Kier molecular flexibility index (Phi) is 5.13. The van der Waals surface area contributed by atoms with E-state index in [-0.39, 0.29) is 12.7 Å². The van der Waals surface area contributed by atoms with Crippen LogP contribution in [0.4, 0.5) is 0 Å². The van der Waals surface area contributed by atoms with Crippen LogP contribution in [0.2, 0.25) is 0 Å².